The molecular weight excluding hydrogens is 346 g/mol. The highest BCUT2D eigenvalue weighted by Gasteiger charge is 2.52. The molecule has 11 heteroatoms. The lowest BCUT2D eigenvalue weighted by atomic mass is 9.93. The zero-order valence-electron chi connectivity index (χ0n) is 12.7. The number of hydrogen-bond acceptors (Lipinski definition) is 6. The number of tetrazole rings is 1. The minimum atomic E-state index is -4.63. The second-order valence-electron chi connectivity index (χ2n) is 5.09. The van der Waals surface area contributed by atoms with E-state index in [1.807, 2.05) is 5.32 Å². The lowest BCUT2D eigenvalue weighted by molar-refractivity contribution is -0.137. The maximum atomic E-state index is 14.1. The summed E-state index contributed by atoms with van der Waals surface area (Å²) in [5.74, 6) is -6.12. The Morgan fingerprint density at radius 2 is 2.00 bits per heavy atom. The third-order valence-corrected chi connectivity index (χ3v) is 3.64. The van der Waals surface area contributed by atoms with Crippen molar-refractivity contribution < 1.29 is 27.1 Å². The lowest BCUT2D eigenvalue weighted by Gasteiger charge is -2.31. The molecule has 1 atom stereocenters. The molecule has 1 aromatic heterocycles. The summed E-state index contributed by atoms with van der Waals surface area (Å²) in [6, 6.07) is 6.67. The van der Waals surface area contributed by atoms with Gasteiger partial charge in [-0.05, 0) is 16.0 Å². The van der Waals surface area contributed by atoms with E-state index in [0.717, 1.165) is 11.8 Å². The van der Waals surface area contributed by atoms with E-state index in [1.165, 1.54) is 12.1 Å². The SMILES string of the molecule is COC(=O)C1=C(C(F)(F)C(F)F)Nc2nnnn2C1c1ccccc1. The summed E-state index contributed by atoms with van der Waals surface area (Å²) in [7, 11) is 0.963. The van der Waals surface area contributed by atoms with Gasteiger partial charge in [0.1, 0.15) is 11.7 Å². The van der Waals surface area contributed by atoms with E-state index in [2.05, 4.69) is 20.3 Å². The molecule has 1 aliphatic heterocycles. The minimum Gasteiger partial charge on any atom is -0.466 e. The molecule has 2 aromatic rings. The number of ether oxygens (including phenoxy) is 1. The van der Waals surface area contributed by atoms with Gasteiger partial charge in [0.05, 0.1) is 12.7 Å². The van der Waals surface area contributed by atoms with E-state index in [9.17, 15) is 22.4 Å². The number of benzene rings is 1. The number of carbonyl (C=O) groups is 1. The Bertz CT molecular complexity index is 822. The normalized spacial score (nSPS) is 17.3. The van der Waals surface area contributed by atoms with Crippen molar-refractivity contribution in [2.45, 2.75) is 18.4 Å². The van der Waals surface area contributed by atoms with Crippen LogP contribution in [0.5, 0.6) is 0 Å². The predicted molar refractivity (Wildman–Crippen MR) is 76.0 cm³/mol. The molecule has 0 fully saturated rings. The lowest BCUT2D eigenvalue weighted by Crippen LogP contribution is -2.40. The monoisotopic (exact) mass is 357 g/mol. The molecule has 25 heavy (non-hydrogen) atoms. The maximum Gasteiger partial charge on any atom is 0.347 e. The number of halogens is 4. The Labute approximate surface area is 138 Å². The number of hydrogen-bond donors (Lipinski definition) is 1. The first-order valence-electron chi connectivity index (χ1n) is 6.96. The number of carbonyl (C=O) groups excluding carboxylic acids is 1. The highest BCUT2D eigenvalue weighted by molar-refractivity contribution is 5.92. The number of methoxy groups -OCH3 is 1. The zero-order chi connectivity index (χ0) is 18.2. The molecule has 0 bridgehead atoms. The van der Waals surface area contributed by atoms with Crippen LogP contribution >= 0.6 is 0 Å². The van der Waals surface area contributed by atoms with E-state index in [4.69, 9.17) is 0 Å². The average Bonchev–Trinajstić information content (AvgIpc) is 3.08. The smallest absolute Gasteiger partial charge is 0.347 e. The summed E-state index contributed by atoms with van der Waals surface area (Å²) in [5, 5.41) is 12.6. The van der Waals surface area contributed by atoms with E-state index in [1.54, 1.807) is 18.2 Å². The van der Waals surface area contributed by atoms with Gasteiger partial charge < -0.3 is 10.1 Å². The number of rotatable bonds is 4. The zero-order valence-corrected chi connectivity index (χ0v) is 12.7. The molecular formula is C14H11F4N5O2. The highest BCUT2D eigenvalue weighted by Crippen LogP contribution is 2.42. The van der Waals surface area contributed by atoms with Crippen molar-refractivity contribution >= 4 is 11.9 Å². The van der Waals surface area contributed by atoms with Crippen LogP contribution in [0.15, 0.2) is 41.6 Å². The fourth-order valence-electron chi connectivity index (χ4n) is 2.53. The van der Waals surface area contributed by atoms with Gasteiger partial charge in [0.15, 0.2) is 0 Å². The topological polar surface area (TPSA) is 81.9 Å². The summed E-state index contributed by atoms with van der Waals surface area (Å²) >= 11 is 0. The summed E-state index contributed by atoms with van der Waals surface area (Å²) in [5.41, 5.74) is -1.63. The van der Waals surface area contributed by atoms with E-state index in [-0.39, 0.29) is 5.95 Å². The van der Waals surface area contributed by atoms with Gasteiger partial charge in [-0.2, -0.15) is 13.5 Å². The first kappa shape index (κ1) is 16.9. The fourth-order valence-corrected chi connectivity index (χ4v) is 2.53. The molecule has 1 aliphatic rings. The van der Waals surface area contributed by atoms with Crippen LogP contribution in [0.2, 0.25) is 0 Å². The number of nitrogens with one attached hydrogen (secondary N) is 1. The van der Waals surface area contributed by atoms with E-state index in [0.29, 0.717) is 5.56 Å². The third-order valence-electron chi connectivity index (χ3n) is 3.64. The van der Waals surface area contributed by atoms with E-state index >= 15 is 0 Å². The molecule has 0 saturated carbocycles. The van der Waals surface area contributed by atoms with Gasteiger partial charge in [-0.1, -0.05) is 35.4 Å². The van der Waals surface area contributed by atoms with Crippen molar-refractivity contribution in [2.75, 3.05) is 12.4 Å². The third kappa shape index (κ3) is 2.71. The van der Waals surface area contributed by atoms with Crippen LogP contribution in [0.25, 0.3) is 0 Å². The van der Waals surface area contributed by atoms with Gasteiger partial charge in [0, 0.05) is 0 Å². The number of allylic oxidation sites excluding steroid dienone is 1. The van der Waals surface area contributed by atoms with E-state index < -0.39 is 35.6 Å². The molecule has 0 spiro atoms. The molecule has 1 aromatic carbocycles. The van der Waals surface area contributed by atoms with Gasteiger partial charge in [0.25, 0.3) is 0 Å². The van der Waals surface area contributed by atoms with Crippen LogP contribution in [0.3, 0.4) is 0 Å². The Hall–Kier alpha value is -2.98. The highest BCUT2D eigenvalue weighted by atomic mass is 19.3. The number of anilines is 1. The molecule has 0 radical (unpaired) electrons. The van der Waals surface area contributed by atoms with Crippen LogP contribution in [0.4, 0.5) is 23.5 Å². The van der Waals surface area contributed by atoms with Crippen LogP contribution in [0.1, 0.15) is 11.6 Å². The predicted octanol–water partition coefficient (Wildman–Crippen LogP) is 2.02. The molecule has 0 saturated heterocycles. The number of alkyl halides is 4. The Morgan fingerprint density at radius 3 is 2.60 bits per heavy atom. The van der Waals surface area contributed by atoms with Gasteiger partial charge in [0.2, 0.25) is 5.95 Å². The number of nitrogens with zero attached hydrogens (tertiary/aromatic N) is 4. The van der Waals surface area contributed by atoms with Crippen LogP contribution < -0.4 is 5.32 Å². The van der Waals surface area contributed by atoms with Crippen molar-refractivity contribution in [3.05, 3.63) is 47.2 Å². The van der Waals surface area contributed by atoms with Crippen LogP contribution in [-0.2, 0) is 9.53 Å². The van der Waals surface area contributed by atoms with Crippen molar-refractivity contribution in [1.82, 2.24) is 20.2 Å². The van der Waals surface area contributed by atoms with Crippen LogP contribution in [-0.4, -0.2) is 45.6 Å². The second-order valence-corrected chi connectivity index (χ2v) is 5.09. The molecule has 7 nitrogen and oxygen atoms in total. The maximum absolute atomic E-state index is 14.1. The Kier molecular flexibility index (Phi) is 4.15. The Morgan fingerprint density at radius 1 is 1.32 bits per heavy atom. The van der Waals surface area contributed by atoms with Gasteiger partial charge in [-0.25, -0.2) is 13.6 Å². The fraction of sp³-hybridized carbons (Fsp3) is 0.286. The molecule has 1 N–H and O–H groups in total. The van der Waals surface area contributed by atoms with Gasteiger partial charge in [-0.15, -0.1) is 0 Å². The van der Waals surface area contributed by atoms with Gasteiger partial charge in [-0.3, -0.25) is 0 Å². The first-order valence-corrected chi connectivity index (χ1v) is 6.96. The molecule has 0 amide bonds. The standard InChI is InChI=1S/C14H11F4N5O2/c1-25-11(24)8-9(7-5-3-2-4-6-7)23-13(20-21-22-23)19-10(8)14(17,18)12(15)16/h2-6,9,12H,1H3,(H,19,20,22). The number of esters is 1. The Balaban J connectivity index is 2.29. The molecule has 3 rings (SSSR count). The van der Waals surface area contributed by atoms with Gasteiger partial charge >= 0.3 is 18.3 Å². The van der Waals surface area contributed by atoms with Crippen molar-refractivity contribution in [3.63, 3.8) is 0 Å². The molecule has 0 aliphatic carbocycles. The van der Waals surface area contributed by atoms with Crippen molar-refractivity contribution in [1.29, 1.82) is 0 Å². The summed E-state index contributed by atoms with van der Waals surface area (Å²) in [6.45, 7) is 0. The number of fused-ring (bicyclic) bond motifs is 1. The minimum absolute atomic E-state index is 0.295. The molecule has 2 heterocycles. The van der Waals surface area contributed by atoms with Crippen molar-refractivity contribution in [3.8, 4) is 0 Å². The summed E-state index contributed by atoms with van der Waals surface area (Å²) < 4.78 is 59.7. The van der Waals surface area contributed by atoms with Crippen molar-refractivity contribution in [2.24, 2.45) is 0 Å². The first-order chi connectivity index (χ1) is 11.9. The van der Waals surface area contributed by atoms with Crippen LogP contribution in [0, 0.1) is 0 Å². The quantitative estimate of drug-likeness (QED) is 0.666. The average molecular weight is 357 g/mol. The number of aromatic nitrogens is 4. The second kappa shape index (κ2) is 6.15. The largest absolute Gasteiger partial charge is 0.466 e. The summed E-state index contributed by atoms with van der Waals surface area (Å²) in [4.78, 5) is 12.2. The molecule has 132 valence electrons. The molecule has 1 unspecified atom stereocenters. The summed E-state index contributed by atoms with van der Waals surface area (Å²) in [6.07, 6.45) is -4.05.